The van der Waals surface area contributed by atoms with Gasteiger partial charge in [-0.05, 0) is 42.4 Å². The molecule has 4 nitrogen and oxygen atoms in total. The maximum absolute atomic E-state index is 12.2. The van der Waals surface area contributed by atoms with E-state index in [4.69, 9.17) is 9.47 Å². The predicted molar refractivity (Wildman–Crippen MR) is 115 cm³/mol. The Balaban J connectivity index is 1.61. The number of hydrogen-bond donors (Lipinski definition) is 0. The van der Waals surface area contributed by atoms with Crippen molar-refractivity contribution in [3.05, 3.63) is 0 Å². The number of esters is 1. The molecule has 2 aliphatic carbocycles. The van der Waals surface area contributed by atoms with Gasteiger partial charge in [-0.1, -0.05) is 59.8 Å². The Morgan fingerprint density at radius 3 is 2.32 bits per heavy atom. The second-order valence-electron chi connectivity index (χ2n) is 10.8. The molecule has 0 aromatic rings. The van der Waals surface area contributed by atoms with E-state index in [2.05, 4.69) is 41.8 Å². The predicted octanol–water partition coefficient (Wildman–Crippen LogP) is 5.20. The Kier molecular flexibility index (Phi) is 8.39. The fraction of sp³-hybridized carbons (Fsp3) is 0.958. The van der Waals surface area contributed by atoms with E-state index in [0.29, 0.717) is 34.6 Å². The minimum Gasteiger partial charge on any atom is -0.462 e. The molecular formula is C24H46NO3+. The number of hydrogen-bond acceptors (Lipinski definition) is 3. The van der Waals surface area contributed by atoms with Crippen LogP contribution in [0, 0.1) is 16.7 Å². The van der Waals surface area contributed by atoms with E-state index in [9.17, 15) is 4.79 Å². The molecule has 0 aromatic carbocycles. The Morgan fingerprint density at radius 2 is 1.71 bits per heavy atom. The number of rotatable bonds is 13. The number of fused-ring (bicyclic) bond motifs is 2. The van der Waals surface area contributed by atoms with Crippen molar-refractivity contribution in [2.45, 2.75) is 91.6 Å². The lowest BCUT2D eigenvalue weighted by molar-refractivity contribution is -0.883. The molecule has 0 radical (unpaired) electrons. The van der Waals surface area contributed by atoms with E-state index < -0.39 is 0 Å². The zero-order chi connectivity index (χ0) is 20.8. The summed E-state index contributed by atoms with van der Waals surface area (Å²) >= 11 is 0. The Labute approximate surface area is 173 Å². The second kappa shape index (κ2) is 9.93. The second-order valence-corrected chi connectivity index (χ2v) is 10.8. The smallest absolute Gasteiger partial charge is 0.361 e. The van der Waals surface area contributed by atoms with Crippen LogP contribution in [0.3, 0.4) is 0 Å². The average Bonchev–Trinajstić information content (AvgIpc) is 2.94. The van der Waals surface area contributed by atoms with Gasteiger partial charge in [-0.15, -0.1) is 0 Å². The maximum Gasteiger partial charge on any atom is 0.361 e. The summed E-state index contributed by atoms with van der Waals surface area (Å²) in [5.74, 6) is 0.730. The molecule has 0 N–H and O–H groups in total. The first-order valence-corrected chi connectivity index (χ1v) is 11.7. The Morgan fingerprint density at radius 1 is 1.04 bits per heavy atom. The monoisotopic (exact) mass is 396 g/mol. The van der Waals surface area contributed by atoms with Gasteiger partial charge in [-0.25, -0.2) is 4.79 Å². The lowest BCUT2D eigenvalue weighted by Crippen LogP contribution is -2.47. The first kappa shape index (κ1) is 23.7. The molecule has 2 rings (SSSR count). The zero-order valence-electron chi connectivity index (χ0n) is 19.5. The van der Waals surface area contributed by atoms with Crippen LogP contribution in [0.15, 0.2) is 0 Å². The molecule has 0 unspecified atom stereocenters. The van der Waals surface area contributed by atoms with Crippen molar-refractivity contribution < 1.29 is 18.8 Å². The summed E-state index contributed by atoms with van der Waals surface area (Å²) < 4.78 is 12.5. The molecule has 164 valence electrons. The molecule has 0 heterocycles. The van der Waals surface area contributed by atoms with E-state index >= 15 is 0 Å². The summed E-state index contributed by atoms with van der Waals surface area (Å²) in [5.41, 5.74) is 0.702. The number of ether oxygens (including phenoxy) is 2. The molecular weight excluding hydrogens is 350 g/mol. The highest BCUT2D eigenvalue weighted by Gasteiger charge is 2.61. The van der Waals surface area contributed by atoms with Gasteiger partial charge in [0.2, 0.25) is 0 Å². The van der Waals surface area contributed by atoms with Crippen molar-refractivity contribution in [1.82, 2.24) is 0 Å². The minimum absolute atomic E-state index is 0.0772. The van der Waals surface area contributed by atoms with Crippen LogP contribution >= 0.6 is 0 Å². The summed E-state index contributed by atoms with van der Waals surface area (Å²) in [6.45, 7) is 12.1. The molecule has 2 fully saturated rings. The molecule has 0 amide bonds. The minimum atomic E-state index is -0.0772. The molecule has 2 aliphatic rings. The van der Waals surface area contributed by atoms with Crippen molar-refractivity contribution in [3.63, 3.8) is 0 Å². The summed E-state index contributed by atoms with van der Waals surface area (Å²) in [6, 6.07) is 0. The topological polar surface area (TPSA) is 35.5 Å². The van der Waals surface area contributed by atoms with E-state index in [1.54, 1.807) is 0 Å². The first-order chi connectivity index (χ1) is 13.1. The van der Waals surface area contributed by atoms with E-state index in [0.717, 1.165) is 31.9 Å². The third-order valence-electron chi connectivity index (χ3n) is 8.05. The van der Waals surface area contributed by atoms with Crippen LogP contribution in [0.25, 0.3) is 0 Å². The van der Waals surface area contributed by atoms with Crippen LogP contribution in [-0.4, -0.2) is 57.0 Å². The number of quaternary nitrogens is 1. The molecule has 0 aromatic heterocycles. The summed E-state index contributed by atoms with van der Waals surface area (Å²) in [5, 5.41) is 0. The van der Waals surface area contributed by atoms with E-state index in [-0.39, 0.29) is 5.97 Å². The van der Waals surface area contributed by atoms with Crippen molar-refractivity contribution >= 4 is 5.97 Å². The van der Waals surface area contributed by atoms with Crippen LogP contribution in [0.4, 0.5) is 0 Å². The van der Waals surface area contributed by atoms with Gasteiger partial charge in [0.25, 0.3) is 0 Å². The van der Waals surface area contributed by atoms with Crippen molar-refractivity contribution in [3.8, 4) is 0 Å². The number of likely N-dealkylation sites (N-methyl/N-ethyl adjacent to an activating group) is 1. The van der Waals surface area contributed by atoms with Gasteiger partial charge in [0.05, 0.1) is 33.4 Å². The maximum atomic E-state index is 12.2. The normalized spacial score (nSPS) is 28.6. The number of nitrogens with zero attached hydrogens (tertiary/aromatic N) is 1. The molecule has 0 saturated heterocycles. The lowest BCUT2D eigenvalue weighted by Gasteiger charge is -2.39. The molecule has 28 heavy (non-hydrogen) atoms. The summed E-state index contributed by atoms with van der Waals surface area (Å²) in [4.78, 5) is 12.2. The van der Waals surface area contributed by atoms with Crippen molar-refractivity contribution in [2.24, 2.45) is 16.7 Å². The largest absolute Gasteiger partial charge is 0.462 e. The molecule has 2 saturated carbocycles. The highest BCUT2D eigenvalue weighted by Crippen LogP contribution is 2.66. The van der Waals surface area contributed by atoms with E-state index in [1.807, 2.05) is 0 Å². The summed E-state index contributed by atoms with van der Waals surface area (Å²) in [6.07, 6.45) is 11.5. The Hall–Kier alpha value is -0.610. The van der Waals surface area contributed by atoms with Gasteiger partial charge in [-0.2, -0.15) is 0 Å². The lowest BCUT2D eigenvalue weighted by atomic mass is 9.70. The van der Waals surface area contributed by atoms with Crippen molar-refractivity contribution in [2.75, 3.05) is 40.4 Å². The average molecular weight is 397 g/mol. The van der Waals surface area contributed by atoms with Gasteiger partial charge < -0.3 is 14.0 Å². The fourth-order valence-corrected chi connectivity index (χ4v) is 5.37. The van der Waals surface area contributed by atoms with Crippen LogP contribution in [0.2, 0.25) is 0 Å². The van der Waals surface area contributed by atoms with Gasteiger partial charge in [0, 0.05) is 0 Å². The zero-order valence-corrected chi connectivity index (χ0v) is 19.5. The van der Waals surface area contributed by atoms with E-state index in [1.165, 1.54) is 44.9 Å². The highest BCUT2D eigenvalue weighted by molar-refractivity contribution is 5.70. The van der Waals surface area contributed by atoms with Gasteiger partial charge >= 0.3 is 5.97 Å². The standard InChI is InChI=1S/C24H46NO3/c1-7-8-9-10-11-12-16-28-22(26)19-25(5,6)15-17-27-21-18-20-13-14-24(21,4)23(20,2)3/h20-21H,7-19H2,1-6H3/q+1/t20-,21-,24+/m0/s1. The van der Waals surface area contributed by atoms with Gasteiger partial charge in [-0.3, -0.25) is 0 Å². The van der Waals surface area contributed by atoms with Crippen molar-refractivity contribution in [1.29, 1.82) is 0 Å². The summed E-state index contributed by atoms with van der Waals surface area (Å²) in [7, 11) is 4.20. The third-order valence-corrected chi connectivity index (χ3v) is 8.05. The molecule has 0 spiro atoms. The number of carbonyl (C=O) groups excluding carboxylic acids is 1. The third kappa shape index (κ3) is 5.72. The quantitative estimate of drug-likeness (QED) is 0.244. The van der Waals surface area contributed by atoms with Gasteiger partial charge in [0.15, 0.2) is 6.54 Å². The molecule has 0 aliphatic heterocycles. The Bertz CT molecular complexity index is 502. The van der Waals surface area contributed by atoms with Crippen LogP contribution in [-0.2, 0) is 14.3 Å². The number of unbranched alkanes of at least 4 members (excludes halogenated alkanes) is 5. The SMILES string of the molecule is CCCCCCCCOC(=O)C[N+](C)(C)CCO[C@H]1C[C@@H]2CC[C@@]1(C)C2(C)C. The molecule has 4 heteroatoms. The highest BCUT2D eigenvalue weighted by atomic mass is 16.5. The van der Waals surface area contributed by atoms with Crippen LogP contribution in [0.5, 0.6) is 0 Å². The fourth-order valence-electron chi connectivity index (χ4n) is 5.37. The van der Waals surface area contributed by atoms with Crippen LogP contribution < -0.4 is 0 Å². The molecule has 2 bridgehead atoms. The van der Waals surface area contributed by atoms with Crippen LogP contribution in [0.1, 0.15) is 85.5 Å². The van der Waals surface area contributed by atoms with Gasteiger partial charge in [0.1, 0.15) is 6.54 Å². The molecule has 3 atom stereocenters. The number of carbonyl (C=O) groups is 1. The first-order valence-electron chi connectivity index (χ1n) is 11.7.